The van der Waals surface area contributed by atoms with Gasteiger partial charge in [-0.25, -0.2) is 5.06 Å². The molecule has 0 aliphatic heterocycles. The highest BCUT2D eigenvalue weighted by atomic mass is 16.7. The lowest BCUT2D eigenvalue weighted by molar-refractivity contribution is -0.177. The van der Waals surface area contributed by atoms with E-state index in [1.807, 2.05) is 20.8 Å². The van der Waals surface area contributed by atoms with Gasteiger partial charge in [0.2, 0.25) is 5.91 Å². The molecule has 1 rings (SSSR count). The second kappa shape index (κ2) is 7.07. The largest absolute Gasteiger partial charge is 0.460 e. The predicted molar refractivity (Wildman–Crippen MR) is 75.7 cm³/mol. The molecule has 1 atom stereocenters. The van der Waals surface area contributed by atoms with Gasteiger partial charge < -0.3 is 4.74 Å². The van der Waals surface area contributed by atoms with E-state index >= 15 is 0 Å². The fourth-order valence-corrected chi connectivity index (χ4v) is 2.33. The van der Waals surface area contributed by atoms with Crippen molar-refractivity contribution < 1.29 is 19.2 Å². The Hall–Kier alpha value is -1.10. The van der Waals surface area contributed by atoms with E-state index in [1.54, 1.807) is 7.05 Å². The molecule has 0 bridgehead atoms. The summed E-state index contributed by atoms with van der Waals surface area (Å²) >= 11 is 0. The molecule has 5 nitrogen and oxygen atoms in total. The average Bonchev–Trinajstić information content (AvgIpc) is 2.27. The molecule has 1 fully saturated rings. The fourth-order valence-electron chi connectivity index (χ4n) is 2.33. The summed E-state index contributed by atoms with van der Waals surface area (Å²) in [7, 11) is 3.02. The van der Waals surface area contributed by atoms with Crippen molar-refractivity contribution in [1.29, 1.82) is 0 Å². The monoisotopic (exact) mass is 285 g/mol. The smallest absolute Gasteiger partial charge is 0.307 e. The van der Waals surface area contributed by atoms with Crippen molar-refractivity contribution >= 4 is 11.9 Å². The number of esters is 1. The molecule has 0 spiro atoms. The predicted octanol–water partition coefficient (Wildman–Crippen LogP) is 2.54. The SMILES string of the molecule is CON(C)C(=O)[C@@H](CC(=O)OC(C)(C)C)CC1CCC1. The van der Waals surface area contributed by atoms with Gasteiger partial charge in [-0.15, -0.1) is 0 Å². The molecule has 0 aromatic heterocycles. The zero-order valence-electron chi connectivity index (χ0n) is 13.3. The zero-order chi connectivity index (χ0) is 15.3. The lowest BCUT2D eigenvalue weighted by Gasteiger charge is -2.30. The summed E-state index contributed by atoms with van der Waals surface area (Å²) in [6.07, 6.45) is 4.38. The van der Waals surface area contributed by atoms with Crippen LogP contribution in [-0.4, -0.2) is 36.7 Å². The maximum absolute atomic E-state index is 12.2. The fraction of sp³-hybridized carbons (Fsp3) is 0.867. The van der Waals surface area contributed by atoms with Gasteiger partial charge in [-0.3, -0.25) is 14.4 Å². The molecule has 0 heterocycles. The summed E-state index contributed by atoms with van der Waals surface area (Å²) in [4.78, 5) is 29.1. The zero-order valence-corrected chi connectivity index (χ0v) is 13.3. The first kappa shape index (κ1) is 17.0. The third kappa shape index (κ3) is 5.49. The highest BCUT2D eigenvalue weighted by Gasteiger charge is 2.31. The standard InChI is InChI=1S/C15H27NO4/c1-15(2,3)20-13(17)10-12(9-11-7-6-8-11)14(18)16(4)19-5/h11-12H,6-10H2,1-5H3/t12-/m1/s1. The number of amides is 1. The van der Waals surface area contributed by atoms with Crippen LogP contribution in [-0.2, 0) is 19.2 Å². The van der Waals surface area contributed by atoms with E-state index < -0.39 is 5.60 Å². The van der Waals surface area contributed by atoms with Crippen molar-refractivity contribution in [2.75, 3.05) is 14.2 Å². The van der Waals surface area contributed by atoms with Crippen molar-refractivity contribution in [3.8, 4) is 0 Å². The van der Waals surface area contributed by atoms with Gasteiger partial charge in [-0.1, -0.05) is 19.3 Å². The van der Waals surface area contributed by atoms with Gasteiger partial charge in [0, 0.05) is 7.05 Å². The average molecular weight is 285 g/mol. The molecular formula is C15H27NO4. The van der Waals surface area contributed by atoms with Crippen LogP contribution in [0.5, 0.6) is 0 Å². The molecule has 0 unspecified atom stereocenters. The number of hydroxylamine groups is 2. The summed E-state index contributed by atoms with van der Waals surface area (Å²) < 4.78 is 5.31. The van der Waals surface area contributed by atoms with Gasteiger partial charge in [-0.05, 0) is 33.1 Å². The van der Waals surface area contributed by atoms with E-state index in [2.05, 4.69) is 0 Å². The summed E-state index contributed by atoms with van der Waals surface area (Å²) in [5.41, 5.74) is -0.520. The molecule has 116 valence electrons. The second-order valence-electron chi connectivity index (χ2n) is 6.54. The lowest BCUT2D eigenvalue weighted by Crippen LogP contribution is -2.36. The van der Waals surface area contributed by atoms with Gasteiger partial charge in [0.25, 0.3) is 0 Å². The van der Waals surface area contributed by atoms with Crippen molar-refractivity contribution in [1.82, 2.24) is 5.06 Å². The number of nitrogens with zero attached hydrogens (tertiary/aromatic N) is 1. The Morgan fingerprint density at radius 1 is 1.30 bits per heavy atom. The Morgan fingerprint density at radius 2 is 1.90 bits per heavy atom. The van der Waals surface area contributed by atoms with Gasteiger partial charge in [0.05, 0.1) is 19.4 Å². The minimum Gasteiger partial charge on any atom is -0.460 e. The number of carbonyl (C=O) groups is 2. The summed E-state index contributed by atoms with van der Waals surface area (Å²) in [5.74, 6) is -0.262. The molecule has 0 radical (unpaired) electrons. The highest BCUT2D eigenvalue weighted by molar-refractivity contribution is 5.83. The Labute approximate surface area is 121 Å². The summed E-state index contributed by atoms with van der Waals surface area (Å²) in [5, 5.41) is 1.20. The van der Waals surface area contributed by atoms with Crippen molar-refractivity contribution in [2.24, 2.45) is 11.8 Å². The topological polar surface area (TPSA) is 55.8 Å². The molecule has 1 saturated carbocycles. The van der Waals surface area contributed by atoms with Crippen LogP contribution in [0.1, 0.15) is 52.9 Å². The number of carbonyl (C=O) groups excluding carboxylic acids is 2. The van der Waals surface area contributed by atoms with Crippen LogP contribution in [0.2, 0.25) is 0 Å². The van der Waals surface area contributed by atoms with Gasteiger partial charge >= 0.3 is 5.97 Å². The molecule has 5 heteroatoms. The first-order valence-corrected chi connectivity index (χ1v) is 7.26. The quantitative estimate of drug-likeness (QED) is 0.556. The van der Waals surface area contributed by atoms with Crippen molar-refractivity contribution in [2.45, 2.75) is 58.5 Å². The highest BCUT2D eigenvalue weighted by Crippen LogP contribution is 2.34. The van der Waals surface area contributed by atoms with Gasteiger partial charge in [-0.2, -0.15) is 0 Å². The van der Waals surface area contributed by atoms with Crippen LogP contribution in [0.15, 0.2) is 0 Å². The van der Waals surface area contributed by atoms with Crippen LogP contribution in [0.4, 0.5) is 0 Å². The van der Waals surface area contributed by atoms with Crippen LogP contribution < -0.4 is 0 Å². The third-order valence-electron chi connectivity index (χ3n) is 3.61. The first-order chi connectivity index (χ1) is 9.23. The van der Waals surface area contributed by atoms with E-state index in [0.717, 1.165) is 19.3 Å². The van der Waals surface area contributed by atoms with Crippen LogP contribution in [0, 0.1) is 11.8 Å². The maximum Gasteiger partial charge on any atom is 0.307 e. The molecule has 1 aliphatic carbocycles. The Bertz CT molecular complexity index is 344. The molecule has 0 N–H and O–H groups in total. The first-order valence-electron chi connectivity index (χ1n) is 7.26. The van der Waals surface area contributed by atoms with Crippen molar-refractivity contribution in [3.63, 3.8) is 0 Å². The molecule has 1 amide bonds. The van der Waals surface area contributed by atoms with E-state index in [1.165, 1.54) is 18.6 Å². The van der Waals surface area contributed by atoms with Crippen molar-refractivity contribution in [3.05, 3.63) is 0 Å². The van der Waals surface area contributed by atoms with Gasteiger partial charge in [0.15, 0.2) is 0 Å². The van der Waals surface area contributed by atoms with E-state index in [-0.39, 0.29) is 24.2 Å². The maximum atomic E-state index is 12.2. The van der Waals surface area contributed by atoms with E-state index in [4.69, 9.17) is 9.57 Å². The molecule has 20 heavy (non-hydrogen) atoms. The van der Waals surface area contributed by atoms with E-state index in [0.29, 0.717) is 5.92 Å². The summed E-state index contributed by atoms with van der Waals surface area (Å²) in [6, 6.07) is 0. The number of rotatable bonds is 6. The Balaban J connectivity index is 2.61. The van der Waals surface area contributed by atoms with Crippen LogP contribution in [0.3, 0.4) is 0 Å². The number of ether oxygens (including phenoxy) is 1. The van der Waals surface area contributed by atoms with E-state index in [9.17, 15) is 9.59 Å². The summed E-state index contributed by atoms with van der Waals surface area (Å²) in [6.45, 7) is 5.48. The van der Waals surface area contributed by atoms with Crippen LogP contribution >= 0.6 is 0 Å². The molecule has 0 saturated heterocycles. The van der Waals surface area contributed by atoms with Gasteiger partial charge in [0.1, 0.15) is 5.60 Å². The lowest BCUT2D eigenvalue weighted by atomic mass is 9.78. The molecule has 0 aromatic rings. The molecule has 1 aliphatic rings. The Morgan fingerprint density at radius 3 is 2.30 bits per heavy atom. The normalized spacial score (nSPS) is 17.2. The molecular weight excluding hydrogens is 258 g/mol. The number of hydrogen-bond acceptors (Lipinski definition) is 4. The minimum atomic E-state index is -0.520. The molecule has 0 aromatic carbocycles. The van der Waals surface area contributed by atoms with Crippen LogP contribution in [0.25, 0.3) is 0 Å². The third-order valence-corrected chi connectivity index (χ3v) is 3.61. The second-order valence-corrected chi connectivity index (χ2v) is 6.54. The number of hydrogen-bond donors (Lipinski definition) is 0. The Kier molecular flexibility index (Phi) is 5.99. The minimum absolute atomic E-state index is 0.125.